The number of amides is 1. The summed E-state index contributed by atoms with van der Waals surface area (Å²) in [5.74, 6) is 2.09. The number of nitrogens with one attached hydrogen (secondary N) is 2. The van der Waals surface area contributed by atoms with Gasteiger partial charge in [-0.25, -0.2) is 13.1 Å². The van der Waals surface area contributed by atoms with Gasteiger partial charge in [0.25, 0.3) is 5.91 Å². The average Bonchev–Trinajstić information content (AvgIpc) is 2.73. The van der Waals surface area contributed by atoms with Gasteiger partial charge in [-0.1, -0.05) is 48.4 Å². The minimum absolute atomic E-state index is 0.0680. The molecule has 0 spiro atoms. The minimum atomic E-state index is -3.79. The molecule has 0 aliphatic carbocycles. The number of carbonyl (C=O) groups excluding carboxylic acids is 1. The van der Waals surface area contributed by atoms with Crippen LogP contribution in [0.2, 0.25) is 0 Å². The lowest BCUT2D eigenvalue weighted by atomic mass is 10.1. The number of sulfonamides is 1. The minimum Gasteiger partial charge on any atom is -0.322 e. The first-order valence-corrected chi connectivity index (χ1v) is 10.4. The van der Waals surface area contributed by atoms with Crippen molar-refractivity contribution >= 4 is 21.6 Å². The SMILES string of the molecule is C#Cc1cccc(NC(=O)c2ccc(C)c(S(=O)(=O)NCc3ccccc3)c2)c1. The normalized spacial score (nSPS) is 10.9. The number of terminal acetylenes is 1. The van der Waals surface area contributed by atoms with Crippen LogP contribution in [0, 0.1) is 19.3 Å². The van der Waals surface area contributed by atoms with Gasteiger partial charge in [-0.15, -0.1) is 6.42 Å². The number of carbonyl (C=O) groups is 1. The summed E-state index contributed by atoms with van der Waals surface area (Å²) in [5.41, 5.74) is 2.81. The monoisotopic (exact) mass is 404 g/mol. The van der Waals surface area contributed by atoms with Gasteiger partial charge in [0.05, 0.1) is 4.90 Å². The van der Waals surface area contributed by atoms with Crippen molar-refractivity contribution in [1.82, 2.24) is 4.72 Å². The van der Waals surface area contributed by atoms with Crippen molar-refractivity contribution in [3.63, 3.8) is 0 Å². The van der Waals surface area contributed by atoms with Crippen molar-refractivity contribution in [1.29, 1.82) is 0 Å². The third-order valence-electron chi connectivity index (χ3n) is 4.34. The zero-order valence-corrected chi connectivity index (χ0v) is 16.7. The Morgan fingerprint density at radius 1 is 1.00 bits per heavy atom. The summed E-state index contributed by atoms with van der Waals surface area (Å²) in [5, 5.41) is 2.74. The Kier molecular flexibility index (Phi) is 6.13. The van der Waals surface area contributed by atoms with E-state index in [1.54, 1.807) is 43.3 Å². The smallest absolute Gasteiger partial charge is 0.255 e. The van der Waals surface area contributed by atoms with E-state index in [-0.39, 0.29) is 17.0 Å². The van der Waals surface area contributed by atoms with Gasteiger partial charge < -0.3 is 5.32 Å². The van der Waals surface area contributed by atoms with Crippen LogP contribution in [0.4, 0.5) is 5.69 Å². The first-order valence-electron chi connectivity index (χ1n) is 8.91. The fraction of sp³-hybridized carbons (Fsp3) is 0.0870. The summed E-state index contributed by atoms with van der Waals surface area (Å²) < 4.78 is 28.1. The van der Waals surface area contributed by atoms with Gasteiger partial charge in [0.15, 0.2) is 0 Å². The lowest BCUT2D eigenvalue weighted by Gasteiger charge is -2.12. The highest BCUT2D eigenvalue weighted by Crippen LogP contribution is 2.19. The van der Waals surface area contributed by atoms with Crippen molar-refractivity contribution in [2.45, 2.75) is 18.4 Å². The number of benzene rings is 3. The standard InChI is InChI=1S/C23H20N2O3S/c1-3-18-10-7-11-21(14-18)25-23(26)20-13-12-17(2)22(15-20)29(27,28)24-16-19-8-5-4-6-9-19/h1,4-15,24H,16H2,2H3,(H,25,26). The van der Waals surface area contributed by atoms with Gasteiger partial charge in [-0.2, -0.15) is 0 Å². The van der Waals surface area contributed by atoms with E-state index in [0.29, 0.717) is 16.8 Å². The van der Waals surface area contributed by atoms with Crippen molar-refractivity contribution in [3.8, 4) is 12.3 Å². The van der Waals surface area contributed by atoms with Crippen LogP contribution in [-0.2, 0) is 16.6 Å². The fourth-order valence-electron chi connectivity index (χ4n) is 2.77. The van der Waals surface area contributed by atoms with Gasteiger partial charge in [0.1, 0.15) is 0 Å². The quantitative estimate of drug-likeness (QED) is 0.615. The summed E-state index contributed by atoms with van der Waals surface area (Å²) >= 11 is 0. The topological polar surface area (TPSA) is 75.3 Å². The van der Waals surface area contributed by atoms with Crippen LogP contribution in [0.3, 0.4) is 0 Å². The molecule has 0 aliphatic heterocycles. The summed E-state index contributed by atoms with van der Waals surface area (Å²) in [6.45, 7) is 1.85. The maximum absolute atomic E-state index is 12.8. The third-order valence-corrected chi connectivity index (χ3v) is 5.88. The van der Waals surface area contributed by atoms with Crippen molar-refractivity contribution in [2.75, 3.05) is 5.32 Å². The summed E-state index contributed by atoms with van der Waals surface area (Å²) in [4.78, 5) is 12.7. The van der Waals surface area contributed by atoms with Crippen LogP contribution in [0.25, 0.3) is 0 Å². The van der Waals surface area contributed by atoms with E-state index >= 15 is 0 Å². The molecule has 0 bridgehead atoms. The number of hydrogen-bond acceptors (Lipinski definition) is 3. The predicted molar refractivity (Wildman–Crippen MR) is 114 cm³/mol. The maximum atomic E-state index is 12.8. The maximum Gasteiger partial charge on any atom is 0.255 e. The molecule has 0 aliphatic rings. The zero-order valence-electron chi connectivity index (χ0n) is 15.8. The lowest BCUT2D eigenvalue weighted by molar-refractivity contribution is 0.102. The molecule has 5 nitrogen and oxygen atoms in total. The van der Waals surface area contributed by atoms with Gasteiger partial charge in [-0.05, 0) is 48.4 Å². The molecule has 0 unspecified atom stereocenters. The second-order valence-corrected chi connectivity index (χ2v) is 8.21. The predicted octanol–water partition coefficient (Wildman–Crippen LogP) is 3.71. The van der Waals surface area contributed by atoms with E-state index in [9.17, 15) is 13.2 Å². The van der Waals surface area contributed by atoms with E-state index in [1.807, 2.05) is 30.3 Å². The molecule has 3 aromatic carbocycles. The van der Waals surface area contributed by atoms with Crippen LogP contribution in [-0.4, -0.2) is 14.3 Å². The number of hydrogen-bond donors (Lipinski definition) is 2. The van der Waals surface area contributed by atoms with Gasteiger partial charge in [-0.3, -0.25) is 4.79 Å². The Balaban J connectivity index is 1.81. The molecule has 3 rings (SSSR count). The molecule has 146 valence electrons. The third kappa shape index (κ3) is 5.11. The second-order valence-electron chi connectivity index (χ2n) is 6.47. The highest BCUT2D eigenvalue weighted by atomic mass is 32.2. The second kappa shape index (κ2) is 8.74. The Morgan fingerprint density at radius 2 is 1.76 bits per heavy atom. The van der Waals surface area contributed by atoms with Crippen LogP contribution in [0.1, 0.15) is 27.0 Å². The Bertz CT molecular complexity index is 1180. The largest absolute Gasteiger partial charge is 0.322 e. The highest BCUT2D eigenvalue weighted by molar-refractivity contribution is 7.89. The molecule has 0 radical (unpaired) electrons. The average molecular weight is 404 g/mol. The lowest BCUT2D eigenvalue weighted by Crippen LogP contribution is -2.24. The first kappa shape index (κ1) is 20.3. The van der Waals surface area contributed by atoms with Crippen molar-refractivity contribution < 1.29 is 13.2 Å². The highest BCUT2D eigenvalue weighted by Gasteiger charge is 2.19. The fourth-order valence-corrected chi connectivity index (χ4v) is 4.06. The van der Waals surface area contributed by atoms with E-state index in [4.69, 9.17) is 6.42 Å². The molecule has 0 fully saturated rings. The molecule has 6 heteroatoms. The number of aryl methyl sites for hydroxylation is 1. The summed E-state index contributed by atoms with van der Waals surface area (Å²) in [6.07, 6.45) is 5.38. The molecule has 0 heterocycles. The summed E-state index contributed by atoms with van der Waals surface area (Å²) in [6, 6.07) is 20.7. The van der Waals surface area contributed by atoms with E-state index < -0.39 is 15.9 Å². The molecule has 0 saturated carbocycles. The van der Waals surface area contributed by atoms with Crippen molar-refractivity contribution in [2.24, 2.45) is 0 Å². The Morgan fingerprint density at radius 3 is 2.48 bits per heavy atom. The van der Waals surface area contributed by atoms with Crippen LogP contribution < -0.4 is 10.0 Å². The Hall–Kier alpha value is -3.40. The molecule has 0 atom stereocenters. The van der Waals surface area contributed by atoms with Crippen LogP contribution >= 0.6 is 0 Å². The molecule has 0 aromatic heterocycles. The molecular weight excluding hydrogens is 384 g/mol. The molecule has 1 amide bonds. The van der Waals surface area contributed by atoms with E-state index in [0.717, 1.165) is 5.56 Å². The van der Waals surface area contributed by atoms with Crippen LogP contribution in [0.5, 0.6) is 0 Å². The first-order chi connectivity index (χ1) is 13.9. The molecular formula is C23H20N2O3S. The molecule has 3 aromatic rings. The number of rotatable bonds is 6. The van der Waals surface area contributed by atoms with E-state index in [1.165, 1.54) is 6.07 Å². The van der Waals surface area contributed by atoms with Gasteiger partial charge in [0.2, 0.25) is 10.0 Å². The van der Waals surface area contributed by atoms with Crippen molar-refractivity contribution in [3.05, 3.63) is 95.1 Å². The van der Waals surface area contributed by atoms with Gasteiger partial charge in [0, 0.05) is 23.4 Å². The molecule has 2 N–H and O–H groups in total. The molecule has 29 heavy (non-hydrogen) atoms. The van der Waals surface area contributed by atoms with Crippen LogP contribution in [0.15, 0.2) is 77.7 Å². The zero-order chi connectivity index (χ0) is 20.9. The van der Waals surface area contributed by atoms with Gasteiger partial charge >= 0.3 is 0 Å². The summed E-state index contributed by atoms with van der Waals surface area (Å²) in [7, 11) is -3.79. The Labute approximate surface area is 170 Å². The van der Waals surface area contributed by atoms with E-state index in [2.05, 4.69) is 16.0 Å². The molecule has 0 saturated heterocycles. The number of anilines is 1.